The standard InChI is InChI=1S/C15H10FN3O/c16-13-5-1-11(2-6-13)4-8-15(20)19-14-7-3-12(9-17)10-18-14/h1-8,10H,(H,18,19,20). The maximum absolute atomic E-state index is 12.7. The summed E-state index contributed by atoms with van der Waals surface area (Å²) in [6, 6.07) is 10.8. The highest BCUT2D eigenvalue weighted by atomic mass is 19.1. The Labute approximate surface area is 115 Å². The molecule has 0 fully saturated rings. The first-order valence-corrected chi connectivity index (χ1v) is 5.78. The lowest BCUT2D eigenvalue weighted by Gasteiger charge is -2.00. The number of nitrogens with one attached hydrogen (secondary N) is 1. The van der Waals surface area contributed by atoms with Crippen LogP contribution in [0.3, 0.4) is 0 Å². The van der Waals surface area contributed by atoms with Crippen molar-refractivity contribution in [3.05, 3.63) is 65.6 Å². The molecule has 1 aromatic carbocycles. The van der Waals surface area contributed by atoms with E-state index in [-0.39, 0.29) is 11.7 Å². The van der Waals surface area contributed by atoms with Crippen LogP contribution in [0.1, 0.15) is 11.1 Å². The number of carbonyl (C=O) groups is 1. The summed E-state index contributed by atoms with van der Waals surface area (Å²) in [5, 5.41) is 11.2. The molecule has 0 unspecified atom stereocenters. The van der Waals surface area contributed by atoms with Gasteiger partial charge in [0.05, 0.1) is 5.56 Å². The van der Waals surface area contributed by atoms with Crippen LogP contribution < -0.4 is 5.32 Å². The Morgan fingerprint density at radius 2 is 2.00 bits per heavy atom. The van der Waals surface area contributed by atoms with Crippen LogP contribution in [0.2, 0.25) is 0 Å². The molecule has 1 N–H and O–H groups in total. The van der Waals surface area contributed by atoms with Gasteiger partial charge in [0.1, 0.15) is 17.7 Å². The molecule has 0 saturated carbocycles. The molecule has 1 aromatic heterocycles. The smallest absolute Gasteiger partial charge is 0.249 e. The predicted molar refractivity (Wildman–Crippen MR) is 73.0 cm³/mol. The second-order valence-electron chi connectivity index (χ2n) is 3.92. The number of carbonyl (C=O) groups excluding carboxylic acids is 1. The predicted octanol–water partition coefficient (Wildman–Crippen LogP) is 2.74. The van der Waals surface area contributed by atoms with E-state index in [1.807, 2.05) is 6.07 Å². The van der Waals surface area contributed by atoms with Crippen LogP contribution in [-0.4, -0.2) is 10.9 Å². The molecule has 0 radical (unpaired) electrons. The van der Waals surface area contributed by atoms with E-state index in [9.17, 15) is 9.18 Å². The molecule has 0 bridgehead atoms. The van der Waals surface area contributed by atoms with Crippen molar-refractivity contribution in [2.45, 2.75) is 0 Å². The molecule has 0 saturated heterocycles. The summed E-state index contributed by atoms with van der Waals surface area (Å²) >= 11 is 0. The topological polar surface area (TPSA) is 65.8 Å². The van der Waals surface area contributed by atoms with Gasteiger partial charge in [-0.2, -0.15) is 5.26 Å². The minimum atomic E-state index is -0.355. The number of hydrogen-bond acceptors (Lipinski definition) is 3. The van der Waals surface area contributed by atoms with Gasteiger partial charge < -0.3 is 5.32 Å². The van der Waals surface area contributed by atoms with Gasteiger partial charge in [0.2, 0.25) is 5.91 Å². The minimum Gasteiger partial charge on any atom is -0.307 e. The Bertz CT molecular complexity index is 670. The highest BCUT2D eigenvalue weighted by Crippen LogP contribution is 2.06. The summed E-state index contributed by atoms with van der Waals surface area (Å²) in [4.78, 5) is 15.5. The summed E-state index contributed by atoms with van der Waals surface area (Å²) in [6.07, 6.45) is 4.27. The van der Waals surface area contributed by atoms with Crippen molar-refractivity contribution in [2.75, 3.05) is 5.32 Å². The van der Waals surface area contributed by atoms with Crippen molar-refractivity contribution in [1.82, 2.24) is 4.98 Å². The normalized spacial score (nSPS) is 10.2. The van der Waals surface area contributed by atoms with Crippen molar-refractivity contribution in [3.8, 4) is 6.07 Å². The fraction of sp³-hybridized carbons (Fsp3) is 0. The first kappa shape index (κ1) is 13.4. The summed E-state index contributed by atoms with van der Waals surface area (Å²) in [6.45, 7) is 0. The second kappa shape index (κ2) is 6.25. The number of aromatic nitrogens is 1. The fourth-order valence-corrected chi connectivity index (χ4v) is 1.45. The molecule has 0 spiro atoms. The van der Waals surface area contributed by atoms with Gasteiger partial charge in [0.15, 0.2) is 0 Å². The summed E-state index contributed by atoms with van der Waals surface area (Å²) in [5.74, 6) is -0.322. The van der Waals surface area contributed by atoms with Gasteiger partial charge in [-0.3, -0.25) is 4.79 Å². The molecule has 0 aliphatic carbocycles. The average Bonchev–Trinajstić information content (AvgIpc) is 2.47. The molecule has 1 heterocycles. The zero-order valence-electron chi connectivity index (χ0n) is 10.4. The van der Waals surface area contributed by atoms with Gasteiger partial charge in [-0.15, -0.1) is 0 Å². The fourth-order valence-electron chi connectivity index (χ4n) is 1.45. The van der Waals surface area contributed by atoms with E-state index in [2.05, 4.69) is 10.3 Å². The van der Waals surface area contributed by atoms with Gasteiger partial charge in [-0.1, -0.05) is 12.1 Å². The van der Waals surface area contributed by atoms with E-state index >= 15 is 0 Å². The molecule has 1 amide bonds. The number of halogens is 1. The minimum absolute atomic E-state index is 0.326. The van der Waals surface area contributed by atoms with Crippen molar-refractivity contribution in [2.24, 2.45) is 0 Å². The molecular formula is C15H10FN3O. The second-order valence-corrected chi connectivity index (χ2v) is 3.92. The molecule has 0 aliphatic rings. The first-order valence-electron chi connectivity index (χ1n) is 5.78. The average molecular weight is 267 g/mol. The van der Waals surface area contributed by atoms with E-state index in [0.29, 0.717) is 16.9 Å². The maximum Gasteiger partial charge on any atom is 0.249 e. The SMILES string of the molecule is N#Cc1ccc(NC(=O)C=Cc2ccc(F)cc2)nc1. The first-order chi connectivity index (χ1) is 9.67. The van der Waals surface area contributed by atoms with Crippen molar-refractivity contribution >= 4 is 17.8 Å². The van der Waals surface area contributed by atoms with Gasteiger partial charge in [0, 0.05) is 12.3 Å². The molecule has 0 atom stereocenters. The summed E-state index contributed by atoms with van der Waals surface area (Å²) in [5.41, 5.74) is 1.14. The van der Waals surface area contributed by atoms with Crippen LogP contribution in [0.25, 0.3) is 6.08 Å². The lowest BCUT2D eigenvalue weighted by molar-refractivity contribution is -0.111. The number of anilines is 1. The summed E-state index contributed by atoms with van der Waals surface area (Å²) < 4.78 is 12.7. The molecular weight excluding hydrogens is 257 g/mol. The number of amides is 1. The highest BCUT2D eigenvalue weighted by molar-refractivity contribution is 6.01. The van der Waals surface area contributed by atoms with Crippen LogP contribution >= 0.6 is 0 Å². The van der Waals surface area contributed by atoms with Gasteiger partial charge in [-0.25, -0.2) is 9.37 Å². The Morgan fingerprint density at radius 1 is 1.25 bits per heavy atom. The van der Waals surface area contributed by atoms with Crippen LogP contribution in [0, 0.1) is 17.1 Å². The number of nitrogens with zero attached hydrogens (tertiary/aromatic N) is 2. The molecule has 2 rings (SSSR count). The zero-order chi connectivity index (χ0) is 14.4. The van der Waals surface area contributed by atoms with Gasteiger partial charge >= 0.3 is 0 Å². The number of benzene rings is 1. The molecule has 4 nitrogen and oxygen atoms in total. The molecule has 2 aromatic rings. The van der Waals surface area contributed by atoms with E-state index < -0.39 is 0 Å². The largest absolute Gasteiger partial charge is 0.307 e. The highest BCUT2D eigenvalue weighted by Gasteiger charge is 1.99. The lowest BCUT2D eigenvalue weighted by Crippen LogP contribution is -2.08. The van der Waals surface area contributed by atoms with Crippen LogP contribution in [0.4, 0.5) is 10.2 Å². The van der Waals surface area contributed by atoms with Crippen molar-refractivity contribution in [3.63, 3.8) is 0 Å². The Kier molecular flexibility index (Phi) is 4.20. The number of nitriles is 1. The van der Waals surface area contributed by atoms with Crippen LogP contribution in [0.5, 0.6) is 0 Å². The Balaban J connectivity index is 1.98. The Morgan fingerprint density at radius 3 is 2.60 bits per heavy atom. The zero-order valence-corrected chi connectivity index (χ0v) is 10.4. The van der Waals surface area contributed by atoms with Crippen molar-refractivity contribution in [1.29, 1.82) is 5.26 Å². The monoisotopic (exact) mass is 267 g/mol. The van der Waals surface area contributed by atoms with Crippen LogP contribution in [-0.2, 0) is 4.79 Å². The quantitative estimate of drug-likeness (QED) is 0.869. The van der Waals surface area contributed by atoms with Crippen molar-refractivity contribution < 1.29 is 9.18 Å². The third kappa shape index (κ3) is 3.75. The molecule has 0 aliphatic heterocycles. The van der Waals surface area contributed by atoms with E-state index in [1.165, 1.54) is 24.4 Å². The Hall–Kier alpha value is -3.00. The molecule has 98 valence electrons. The third-order valence-corrected chi connectivity index (χ3v) is 2.44. The number of rotatable bonds is 3. The summed E-state index contributed by atoms with van der Waals surface area (Å²) in [7, 11) is 0. The van der Waals surface area contributed by atoms with Gasteiger partial charge in [-0.05, 0) is 35.9 Å². The third-order valence-electron chi connectivity index (χ3n) is 2.44. The molecule has 20 heavy (non-hydrogen) atoms. The van der Waals surface area contributed by atoms with E-state index in [1.54, 1.807) is 30.3 Å². The lowest BCUT2D eigenvalue weighted by atomic mass is 10.2. The van der Waals surface area contributed by atoms with Crippen LogP contribution in [0.15, 0.2) is 48.7 Å². The van der Waals surface area contributed by atoms with E-state index in [4.69, 9.17) is 5.26 Å². The number of hydrogen-bond donors (Lipinski definition) is 1. The number of pyridine rings is 1. The van der Waals surface area contributed by atoms with Gasteiger partial charge in [0.25, 0.3) is 0 Å². The van der Waals surface area contributed by atoms with E-state index in [0.717, 1.165) is 0 Å². The maximum atomic E-state index is 12.7. The molecule has 5 heteroatoms.